The molecule has 1 aliphatic heterocycles. The van der Waals surface area contributed by atoms with E-state index in [1.165, 1.54) is 0 Å². The Morgan fingerprint density at radius 2 is 2.17 bits per heavy atom. The zero-order valence-corrected chi connectivity index (χ0v) is 7.98. The van der Waals surface area contributed by atoms with Crippen LogP contribution in [0.15, 0.2) is 0 Å². The van der Waals surface area contributed by atoms with Crippen LogP contribution in [0.5, 0.6) is 0 Å². The topological polar surface area (TPSA) is 3.24 Å². The fourth-order valence-electron chi connectivity index (χ4n) is 2.00. The van der Waals surface area contributed by atoms with E-state index in [4.69, 9.17) is 0 Å². The van der Waals surface area contributed by atoms with E-state index in [0.717, 1.165) is 0 Å². The van der Waals surface area contributed by atoms with Gasteiger partial charge in [-0.3, -0.25) is 4.90 Å². The third-order valence-electron chi connectivity index (χ3n) is 2.68. The van der Waals surface area contributed by atoms with E-state index in [9.17, 15) is 8.78 Å². The molecule has 1 rings (SSSR count). The number of hydrogen-bond donors (Lipinski definition) is 0. The molecule has 1 nitrogen and oxygen atoms in total. The molecule has 1 heterocycles. The largest absolute Gasteiger partial charge is 0.300 e. The average molecular weight is 177 g/mol. The van der Waals surface area contributed by atoms with Crippen LogP contribution >= 0.6 is 0 Å². The molecule has 0 bridgehead atoms. The maximum atomic E-state index is 13.5. The highest BCUT2D eigenvalue weighted by atomic mass is 19.2. The molecule has 0 saturated carbocycles. The highest BCUT2D eigenvalue weighted by Gasteiger charge is 2.43. The number of alkyl halides is 2. The summed E-state index contributed by atoms with van der Waals surface area (Å²) in [5.74, 6) is 0.402. The Morgan fingerprint density at radius 3 is 2.42 bits per heavy atom. The summed E-state index contributed by atoms with van der Waals surface area (Å²) in [5, 5.41) is 0. The van der Waals surface area contributed by atoms with Gasteiger partial charge in [0.2, 0.25) is 0 Å². The molecular weight excluding hydrogens is 160 g/mol. The first-order valence-corrected chi connectivity index (χ1v) is 4.43. The van der Waals surface area contributed by atoms with Crippen LogP contribution in [0.25, 0.3) is 0 Å². The van der Waals surface area contributed by atoms with E-state index in [2.05, 4.69) is 0 Å². The van der Waals surface area contributed by atoms with E-state index in [1.807, 2.05) is 25.8 Å². The minimum Gasteiger partial charge on any atom is -0.300 e. The standard InChI is InChI=1S/C9H17F2N/c1-7(2)8-4-9(11,5-10)6-12(8)3/h7-8H,4-6H2,1-3H3/t8-,9+/m0/s1. The van der Waals surface area contributed by atoms with Gasteiger partial charge in [-0.2, -0.15) is 0 Å². The minimum absolute atomic E-state index is 0.200. The van der Waals surface area contributed by atoms with Crippen molar-refractivity contribution < 1.29 is 8.78 Å². The van der Waals surface area contributed by atoms with Crippen LogP contribution < -0.4 is 0 Å². The lowest BCUT2D eigenvalue weighted by Crippen LogP contribution is -2.30. The third kappa shape index (κ3) is 1.76. The number of nitrogens with zero attached hydrogens (tertiary/aromatic N) is 1. The second-order valence-electron chi connectivity index (χ2n) is 4.22. The SMILES string of the molecule is CC(C)[C@@H]1C[C@@](F)(CF)CN1C. The molecule has 0 aromatic rings. The van der Waals surface area contributed by atoms with Gasteiger partial charge in [0.25, 0.3) is 0 Å². The fourth-order valence-corrected chi connectivity index (χ4v) is 2.00. The van der Waals surface area contributed by atoms with E-state index in [0.29, 0.717) is 12.3 Å². The zero-order valence-electron chi connectivity index (χ0n) is 7.98. The molecule has 1 aliphatic rings. The van der Waals surface area contributed by atoms with Gasteiger partial charge in [0.05, 0.1) is 0 Å². The normalized spacial score (nSPS) is 38.0. The first kappa shape index (κ1) is 9.90. The van der Waals surface area contributed by atoms with Crippen LogP contribution in [0, 0.1) is 5.92 Å². The van der Waals surface area contributed by atoms with E-state index < -0.39 is 12.3 Å². The molecule has 0 amide bonds. The lowest BCUT2D eigenvalue weighted by Gasteiger charge is -2.21. The summed E-state index contributed by atoms with van der Waals surface area (Å²) >= 11 is 0. The Bertz CT molecular complexity index is 161. The number of hydrogen-bond acceptors (Lipinski definition) is 1. The molecule has 12 heavy (non-hydrogen) atoms. The zero-order chi connectivity index (χ0) is 9.35. The van der Waals surface area contributed by atoms with Gasteiger partial charge in [-0.15, -0.1) is 0 Å². The van der Waals surface area contributed by atoms with E-state index in [1.54, 1.807) is 0 Å². The maximum absolute atomic E-state index is 13.5. The van der Waals surface area contributed by atoms with E-state index >= 15 is 0 Å². The van der Waals surface area contributed by atoms with Crippen molar-refractivity contribution >= 4 is 0 Å². The van der Waals surface area contributed by atoms with Crippen LogP contribution in [-0.2, 0) is 0 Å². The quantitative estimate of drug-likeness (QED) is 0.623. The Labute approximate surface area is 72.7 Å². The summed E-state index contributed by atoms with van der Waals surface area (Å²) < 4.78 is 25.8. The molecular formula is C9H17F2N. The highest BCUT2D eigenvalue weighted by Crippen LogP contribution is 2.33. The lowest BCUT2D eigenvalue weighted by atomic mass is 9.97. The Kier molecular flexibility index (Phi) is 2.71. The summed E-state index contributed by atoms with van der Waals surface area (Å²) in [6.45, 7) is 3.49. The molecule has 0 aliphatic carbocycles. The van der Waals surface area contributed by atoms with Crippen molar-refractivity contribution in [2.75, 3.05) is 20.3 Å². The molecule has 3 heteroatoms. The molecule has 2 atom stereocenters. The highest BCUT2D eigenvalue weighted by molar-refractivity contribution is 4.96. The van der Waals surface area contributed by atoms with Crippen LogP contribution in [0.3, 0.4) is 0 Å². The molecule has 0 spiro atoms. The van der Waals surface area contributed by atoms with Crippen molar-refractivity contribution in [1.82, 2.24) is 4.90 Å². The van der Waals surface area contributed by atoms with Gasteiger partial charge in [-0.05, 0) is 13.0 Å². The van der Waals surface area contributed by atoms with Crippen molar-refractivity contribution in [3.8, 4) is 0 Å². The second-order valence-corrected chi connectivity index (χ2v) is 4.22. The third-order valence-corrected chi connectivity index (χ3v) is 2.68. The van der Waals surface area contributed by atoms with Crippen LogP contribution in [0.2, 0.25) is 0 Å². The molecule has 0 unspecified atom stereocenters. The van der Waals surface area contributed by atoms with Gasteiger partial charge in [-0.25, -0.2) is 8.78 Å². The smallest absolute Gasteiger partial charge is 0.153 e. The molecule has 0 aromatic carbocycles. The fraction of sp³-hybridized carbons (Fsp3) is 1.00. The number of rotatable bonds is 2. The van der Waals surface area contributed by atoms with Gasteiger partial charge in [-0.1, -0.05) is 13.8 Å². The lowest BCUT2D eigenvalue weighted by molar-refractivity contribution is 0.130. The van der Waals surface area contributed by atoms with Crippen LogP contribution in [0.4, 0.5) is 8.78 Å². The summed E-state index contributed by atoms with van der Waals surface area (Å²) in [4.78, 5) is 1.92. The predicted molar refractivity (Wildman–Crippen MR) is 45.7 cm³/mol. The molecule has 1 fully saturated rings. The van der Waals surface area contributed by atoms with Crippen molar-refractivity contribution in [2.24, 2.45) is 5.92 Å². The van der Waals surface area contributed by atoms with Crippen molar-refractivity contribution in [3.63, 3.8) is 0 Å². The van der Waals surface area contributed by atoms with Gasteiger partial charge < -0.3 is 0 Å². The number of likely N-dealkylation sites (tertiary alicyclic amines) is 1. The van der Waals surface area contributed by atoms with Crippen LogP contribution in [0.1, 0.15) is 20.3 Å². The first-order valence-electron chi connectivity index (χ1n) is 4.43. The minimum atomic E-state index is -1.58. The summed E-state index contributed by atoms with van der Waals surface area (Å²) in [5.41, 5.74) is -1.58. The summed E-state index contributed by atoms with van der Waals surface area (Å²) in [6, 6.07) is 0.200. The van der Waals surface area contributed by atoms with Crippen molar-refractivity contribution in [3.05, 3.63) is 0 Å². The predicted octanol–water partition coefficient (Wildman–Crippen LogP) is 2.02. The first-order chi connectivity index (χ1) is 5.48. The molecule has 0 aromatic heterocycles. The Balaban J connectivity index is 2.61. The number of halogens is 2. The molecule has 72 valence electrons. The van der Waals surface area contributed by atoms with Gasteiger partial charge in [0.15, 0.2) is 5.67 Å². The molecule has 0 radical (unpaired) electrons. The van der Waals surface area contributed by atoms with Crippen molar-refractivity contribution in [2.45, 2.75) is 32.0 Å². The van der Waals surface area contributed by atoms with Gasteiger partial charge >= 0.3 is 0 Å². The second kappa shape index (κ2) is 3.29. The van der Waals surface area contributed by atoms with E-state index in [-0.39, 0.29) is 12.6 Å². The summed E-state index contributed by atoms with van der Waals surface area (Å²) in [7, 11) is 1.86. The van der Waals surface area contributed by atoms with Crippen molar-refractivity contribution in [1.29, 1.82) is 0 Å². The summed E-state index contributed by atoms with van der Waals surface area (Å²) in [6.07, 6.45) is 0.345. The average Bonchev–Trinajstić information content (AvgIpc) is 2.28. The van der Waals surface area contributed by atoms with Gasteiger partial charge in [0, 0.05) is 19.0 Å². The maximum Gasteiger partial charge on any atom is 0.153 e. The van der Waals surface area contributed by atoms with Gasteiger partial charge in [0.1, 0.15) is 6.67 Å². The Morgan fingerprint density at radius 1 is 1.58 bits per heavy atom. The molecule has 0 N–H and O–H groups in total. The Hall–Kier alpha value is -0.180. The monoisotopic (exact) mass is 177 g/mol. The van der Waals surface area contributed by atoms with Crippen LogP contribution in [-0.4, -0.2) is 36.9 Å². The molecule has 1 saturated heterocycles.